The fraction of sp³-hybridized carbons (Fsp3) is 0.167. The Morgan fingerprint density at radius 1 is 0.793 bits per heavy atom. The van der Waals surface area contributed by atoms with Crippen molar-refractivity contribution in [2.75, 3.05) is 11.9 Å². The number of anilines is 1. The van der Waals surface area contributed by atoms with Crippen LogP contribution in [0.15, 0.2) is 73.4 Å². The van der Waals surface area contributed by atoms with Gasteiger partial charge >= 0.3 is 0 Å². The Morgan fingerprint density at radius 3 is 2.24 bits per heavy atom. The maximum Gasteiger partial charge on any atom is 0.225 e. The van der Waals surface area contributed by atoms with Crippen molar-refractivity contribution in [3.8, 4) is 22.4 Å². The second kappa shape index (κ2) is 8.19. The molecular formula is C24H23N5. The summed E-state index contributed by atoms with van der Waals surface area (Å²) < 4.78 is 0. The Bertz CT molecular complexity index is 1110. The average molecular weight is 381 g/mol. The third kappa shape index (κ3) is 4.14. The fourth-order valence-electron chi connectivity index (χ4n) is 3.24. The molecule has 3 heterocycles. The minimum Gasteiger partial charge on any atom is -0.340 e. The lowest BCUT2D eigenvalue weighted by molar-refractivity contribution is 0.860. The summed E-state index contributed by atoms with van der Waals surface area (Å²) in [6.45, 7) is 4.88. The number of aromatic nitrogens is 4. The summed E-state index contributed by atoms with van der Waals surface area (Å²) in [5.41, 5.74) is 7.62. The van der Waals surface area contributed by atoms with Gasteiger partial charge in [-0.3, -0.25) is 9.97 Å². The van der Waals surface area contributed by atoms with Gasteiger partial charge in [-0.25, -0.2) is 9.97 Å². The van der Waals surface area contributed by atoms with Crippen molar-refractivity contribution < 1.29 is 0 Å². The van der Waals surface area contributed by atoms with Crippen LogP contribution in [0.3, 0.4) is 0 Å². The minimum absolute atomic E-state index is 0.689. The van der Waals surface area contributed by atoms with Crippen LogP contribution in [0.1, 0.15) is 16.7 Å². The highest BCUT2D eigenvalue weighted by atomic mass is 15.2. The van der Waals surface area contributed by atoms with Crippen LogP contribution >= 0.6 is 0 Å². The van der Waals surface area contributed by atoms with E-state index in [2.05, 4.69) is 58.0 Å². The summed E-state index contributed by atoms with van der Waals surface area (Å²) >= 11 is 0. The van der Waals surface area contributed by atoms with Crippen LogP contribution in [-0.4, -0.2) is 27.0 Å². The van der Waals surface area contributed by atoms with Crippen LogP contribution in [0.5, 0.6) is 0 Å². The van der Waals surface area contributed by atoms with Gasteiger partial charge in [-0.2, -0.15) is 0 Å². The molecule has 1 aromatic carbocycles. The predicted molar refractivity (Wildman–Crippen MR) is 117 cm³/mol. The van der Waals surface area contributed by atoms with Crippen molar-refractivity contribution in [3.05, 3.63) is 90.1 Å². The molecule has 0 bridgehead atoms. The zero-order chi connectivity index (χ0) is 20.2. The van der Waals surface area contributed by atoms with Gasteiger partial charge in [-0.05, 0) is 48.7 Å². The molecular weight excluding hydrogens is 358 g/mol. The quantitative estimate of drug-likeness (QED) is 0.494. The van der Waals surface area contributed by atoms with Gasteiger partial charge in [0.05, 0.1) is 5.69 Å². The van der Waals surface area contributed by atoms with Crippen LogP contribution in [0.25, 0.3) is 22.4 Å². The number of hydrogen-bond donors (Lipinski definition) is 0. The molecule has 5 heteroatoms. The lowest BCUT2D eigenvalue weighted by Crippen LogP contribution is -2.20. The molecule has 0 fully saturated rings. The van der Waals surface area contributed by atoms with Gasteiger partial charge in [-0.1, -0.05) is 29.8 Å². The molecule has 4 aromatic rings. The Balaban J connectivity index is 1.76. The Morgan fingerprint density at radius 2 is 1.52 bits per heavy atom. The average Bonchev–Trinajstić information content (AvgIpc) is 2.76. The van der Waals surface area contributed by atoms with Crippen LogP contribution < -0.4 is 4.90 Å². The summed E-state index contributed by atoms with van der Waals surface area (Å²) in [5.74, 6) is 0.689. The topological polar surface area (TPSA) is 54.8 Å². The first kappa shape index (κ1) is 18.7. The molecule has 0 aliphatic carbocycles. The first-order chi connectivity index (χ1) is 14.1. The number of aryl methyl sites for hydroxylation is 2. The van der Waals surface area contributed by atoms with Crippen LogP contribution in [0, 0.1) is 13.8 Å². The van der Waals surface area contributed by atoms with E-state index < -0.39 is 0 Å². The van der Waals surface area contributed by atoms with Gasteiger partial charge in [0.15, 0.2) is 0 Å². The Labute approximate surface area is 171 Å². The molecule has 0 atom stereocenters. The maximum absolute atomic E-state index is 4.95. The third-order valence-corrected chi connectivity index (χ3v) is 4.98. The van der Waals surface area contributed by atoms with E-state index in [4.69, 9.17) is 4.98 Å². The Kier molecular flexibility index (Phi) is 5.29. The van der Waals surface area contributed by atoms with Gasteiger partial charge in [0.25, 0.3) is 0 Å². The van der Waals surface area contributed by atoms with Crippen molar-refractivity contribution in [2.24, 2.45) is 0 Å². The van der Waals surface area contributed by atoms with Gasteiger partial charge in [0.2, 0.25) is 5.95 Å². The monoisotopic (exact) mass is 381 g/mol. The van der Waals surface area contributed by atoms with E-state index >= 15 is 0 Å². The van der Waals surface area contributed by atoms with Gasteiger partial charge in [0, 0.05) is 55.7 Å². The highest BCUT2D eigenvalue weighted by molar-refractivity contribution is 5.80. The van der Waals surface area contributed by atoms with Crippen LogP contribution in [0.2, 0.25) is 0 Å². The third-order valence-electron chi connectivity index (χ3n) is 4.98. The SMILES string of the molecule is Cc1ccc(-c2nc(N(C)Cc3ccncc3C)ncc2-c2ccncc2)cc1. The first-order valence-corrected chi connectivity index (χ1v) is 9.57. The summed E-state index contributed by atoms with van der Waals surface area (Å²) in [6.07, 6.45) is 9.19. The molecule has 0 N–H and O–H groups in total. The molecule has 4 rings (SSSR count). The molecule has 29 heavy (non-hydrogen) atoms. The highest BCUT2D eigenvalue weighted by Gasteiger charge is 2.14. The summed E-state index contributed by atoms with van der Waals surface area (Å²) in [4.78, 5) is 20.0. The van der Waals surface area contributed by atoms with E-state index in [1.807, 2.05) is 43.8 Å². The summed E-state index contributed by atoms with van der Waals surface area (Å²) in [5, 5.41) is 0. The molecule has 5 nitrogen and oxygen atoms in total. The van der Waals surface area contributed by atoms with E-state index in [0.717, 1.165) is 34.5 Å². The van der Waals surface area contributed by atoms with E-state index in [-0.39, 0.29) is 0 Å². The largest absolute Gasteiger partial charge is 0.340 e. The molecule has 0 amide bonds. The van der Waals surface area contributed by atoms with E-state index in [1.54, 1.807) is 12.4 Å². The molecule has 0 aliphatic heterocycles. The number of rotatable bonds is 5. The second-order valence-electron chi connectivity index (χ2n) is 7.19. The molecule has 144 valence electrons. The zero-order valence-electron chi connectivity index (χ0n) is 16.9. The lowest BCUT2D eigenvalue weighted by atomic mass is 10.0. The lowest BCUT2D eigenvalue weighted by Gasteiger charge is -2.20. The summed E-state index contributed by atoms with van der Waals surface area (Å²) in [7, 11) is 2.01. The highest BCUT2D eigenvalue weighted by Crippen LogP contribution is 2.31. The van der Waals surface area contributed by atoms with Crippen molar-refractivity contribution in [2.45, 2.75) is 20.4 Å². The fourth-order valence-corrected chi connectivity index (χ4v) is 3.24. The smallest absolute Gasteiger partial charge is 0.225 e. The van der Waals surface area contributed by atoms with Gasteiger partial charge < -0.3 is 4.90 Å². The van der Waals surface area contributed by atoms with Gasteiger partial charge in [-0.15, -0.1) is 0 Å². The molecule has 0 spiro atoms. The maximum atomic E-state index is 4.95. The number of benzene rings is 1. The second-order valence-corrected chi connectivity index (χ2v) is 7.19. The normalized spacial score (nSPS) is 10.7. The first-order valence-electron chi connectivity index (χ1n) is 9.57. The van der Waals surface area contributed by atoms with E-state index in [1.165, 1.54) is 11.1 Å². The summed E-state index contributed by atoms with van der Waals surface area (Å²) in [6, 6.07) is 14.4. The molecule has 0 radical (unpaired) electrons. The van der Waals surface area contributed by atoms with Crippen LogP contribution in [0.4, 0.5) is 5.95 Å². The molecule has 3 aromatic heterocycles. The van der Waals surface area contributed by atoms with Crippen LogP contribution in [-0.2, 0) is 6.54 Å². The minimum atomic E-state index is 0.689. The zero-order valence-corrected chi connectivity index (χ0v) is 16.9. The van der Waals surface area contributed by atoms with E-state index in [0.29, 0.717) is 5.95 Å². The number of nitrogens with zero attached hydrogens (tertiary/aromatic N) is 5. The van der Waals surface area contributed by atoms with Crippen molar-refractivity contribution in [3.63, 3.8) is 0 Å². The number of pyridine rings is 2. The van der Waals surface area contributed by atoms with Crippen molar-refractivity contribution in [1.29, 1.82) is 0 Å². The predicted octanol–water partition coefficient (Wildman–Crippen LogP) is 4.85. The molecule has 0 saturated carbocycles. The Hall–Kier alpha value is -3.60. The van der Waals surface area contributed by atoms with E-state index in [9.17, 15) is 0 Å². The van der Waals surface area contributed by atoms with Crippen molar-refractivity contribution in [1.82, 2.24) is 19.9 Å². The molecule has 0 saturated heterocycles. The van der Waals surface area contributed by atoms with Crippen molar-refractivity contribution >= 4 is 5.95 Å². The number of hydrogen-bond acceptors (Lipinski definition) is 5. The van der Waals surface area contributed by atoms with Gasteiger partial charge in [0.1, 0.15) is 0 Å². The standard InChI is InChI=1S/C24H23N5/c1-17-4-6-20(7-5-17)23-22(19-8-11-25-12-9-19)15-27-24(28-23)29(3)16-21-10-13-26-14-18(21)2/h4-15H,16H2,1-3H3. The molecule has 0 aliphatic rings. The molecule has 0 unspecified atom stereocenters.